The summed E-state index contributed by atoms with van der Waals surface area (Å²) >= 11 is 0. The molecule has 0 aliphatic heterocycles. The van der Waals surface area contributed by atoms with E-state index in [1.54, 1.807) is 6.20 Å². The second kappa shape index (κ2) is 8.02. The Morgan fingerprint density at radius 3 is 2.46 bits per heavy atom. The van der Waals surface area contributed by atoms with Gasteiger partial charge in [-0.2, -0.15) is 5.11 Å². The van der Waals surface area contributed by atoms with Crippen LogP contribution in [-0.4, -0.2) is 17.9 Å². The minimum atomic E-state index is -0.158. The van der Waals surface area contributed by atoms with Gasteiger partial charge in [-0.25, -0.2) is 0 Å². The van der Waals surface area contributed by atoms with Crippen LogP contribution in [-0.2, 0) is 4.79 Å². The minimum absolute atomic E-state index is 0.158. The van der Waals surface area contributed by atoms with Crippen molar-refractivity contribution in [2.24, 2.45) is 10.2 Å². The van der Waals surface area contributed by atoms with Crippen LogP contribution < -0.4 is 10.6 Å². The Morgan fingerprint density at radius 2 is 1.81 bits per heavy atom. The zero-order valence-electron chi connectivity index (χ0n) is 14.6. The zero-order valence-corrected chi connectivity index (χ0v) is 14.6. The van der Waals surface area contributed by atoms with Crippen LogP contribution in [0.15, 0.2) is 77.1 Å². The summed E-state index contributed by atoms with van der Waals surface area (Å²) in [6.07, 6.45) is 1.77. The largest absolute Gasteiger partial charge is 0.388 e. The fourth-order valence-corrected chi connectivity index (χ4v) is 2.41. The Bertz CT molecular complexity index is 921. The fourth-order valence-electron chi connectivity index (χ4n) is 2.41. The molecule has 0 saturated carbocycles. The second-order valence-electron chi connectivity index (χ2n) is 5.62. The predicted octanol–water partition coefficient (Wildman–Crippen LogP) is 5.16. The van der Waals surface area contributed by atoms with Crippen molar-refractivity contribution in [3.8, 4) is 11.3 Å². The maximum Gasteiger partial charge on any atom is 0.221 e. The smallest absolute Gasteiger partial charge is 0.221 e. The maximum absolute atomic E-state index is 11.4. The molecular weight excluding hydrogens is 326 g/mol. The van der Waals surface area contributed by atoms with Gasteiger partial charge in [-0.15, -0.1) is 5.11 Å². The third-order valence-corrected chi connectivity index (χ3v) is 3.70. The lowest BCUT2D eigenvalue weighted by Crippen LogP contribution is -2.06. The normalized spacial score (nSPS) is 10.7. The summed E-state index contributed by atoms with van der Waals surface area (Å²) in [5.74, 6) is -0.158. The number of aromatic nitrogens is 1. The number of hydrogen-bond acceptors (Lipinski definition) is 5. The average Bonchev–Trinajstić information content (AvgIpc) is 2.67. The summed E-state index contributed by atoms with van der Waals surface area (Å²) in [6.45, 7) is 1.46. The summed E-state index contributed by atoms with van der Waals surface area (Å²) in [5, 5.41) is 14.3. The summed E-state index contributed by atoms with van der Waals surface area (Å²) in [7, 11) is 1.82. The molecule has 6 heteroatoms. The number of benzene rings is 2. The van der Waals surface area contributed by atoms with E-state index in [0.717, 1.165) is 22.6 Å². The molecule has 6 nitrogen and oxygen atoms in total. The van der Waals surface area contributed by atoms with E-state index in [0.29, 0.717) is 11.4 Å². The van der Waals surface area contributed by atoms with Crippen LogP contribution in [0.2, 0.25) is 0 Å². The van der Waals surface area contributed by atoms with Gasteiger partial charge >= 0.3 is 0 Å². The highest BCUT2D eigenvalue weighted by Crippen LogP contribution is 2.30. The van der Waals surface area contributed by atoms with Crippen LogP contribution in [0.25, 0.3) is 11.3 Å². The molecule has 0 saturated heterocycles. The zero-order chi connectivity index (χ0) is 18.4. The van der Waals surface area contributed by atoms with Crippen LogP contribution in [0, 0.1) is 0 Å². The van der Waals surface area contributed by atoms with E-state index in [2.05, 4.69) is 25.8 Å². The highest BCUT2D eigenvalue weighted by atomic mass is 16.1. The van der Waals surface area contributed by atoms with Crippen molar-refractivity contribution in [2.75, 3.05) is 17.7 Å². The van der Waals surface area contributed by atoms with Gasteiger partial charge in [0.05, 0.1) is 17.1 Å². The Kier molecular flexibility index (Phi) is 5.34. The molecule has 1 aromatic heterocycles. The number of amides is 1. The van der Waals surface area contributed by atoms with Crippen LogP contribution in [0.4, 0.5) is 22.7 Å². The number of carbonyl (C=O) groups excluding carboxylic acids is 1. The van der Waals surface area contributed by atoms with Crippen molar-refractivity contribution in [1.29, 1.82) is 0 Å². The number of hydrogen-bond donors (Lipinski definition) is 2. The molecule has 0 spiro atoms. The summed E-state index contributed by atoms with van der Waals surface area (Å²) < 4.78 is 0. The lowest BCUT2D eigenvalue weighted by Gasteiger charge is -2.08. The van der Waals surface area contributed by atoms with Crippen LogP contribution in [0.3, 0.4) is 0 Å². The first-order valence-electron chi connectivity index (χ1n) is 8.18. The van der Waals surface area contributed by atoms with E-state index >= 15 is 0 Å². The van der Waals surface area contributed by atoms with Gasteiger partial charge < -0.3 is 10.6 Å². The van der Waals surface area contributed by atoms with E-state index in [9.17, 15) is 4.79 Å². The van der Waals surface area contributed by atoms with Gasteiger partial charge in [0.25, 0.3) is 0 Å². The molecule has 2 aromatic carbocycles. The Hall–Kier alpha value is -3.54. The molecule has 2 N–H and O–H groups in total. The minimum Gasteiger partial charge on any atom is -0.388 e. The van der Waals surface area contributed by atoms with Gasteiger partial charge in [-0.05, 0) is 42.5 Å². The highest BCUT2D eigenvalue weighted by molar-refractivity contribution is 5.92. The third kappa shape index (κ3) is 4.30. The van der Waals surface area contributed by atoms with Gasteiger partial charge in [-0.3, -0.25) is 9.78 Å². The molecule has 0 aliphatic carbocycles. The van der Waals surface area contributed by atoms with E-state index in [1.165, 1.54) is 6.92 Å². The number of nitrogens with zero attached hydrogens (tertiary/aromatic N) is 3. The Labute approximate surface area is 152 Å². The van der Waals surface area contributed by atoms with Gasteiger partial charge in [-0.1, -0.05) is 18.2 Å². The fraction of sp³-hybridized carbons (Fsp3) is 0.100. The number of carbonyl (C=O) groups is 1. The number of azo groups is 1. The number of anilines is 2. The summed E-state index contributed by atoms with van der Waals surface area (Å²) in [4.78, 5) is 15.7. The van der Waals surface area contributed by atoms with E-state index in [-0.39, 0.29) is 5.91 Å². The monoisotopic (exact) mass is 345 g/mol. The van der Waals surface area contributed by atoms with Crippen LogP contribution >= 0.6 is 0 Å². The first kappa shape index (κ1) is 17.3. The quantitative estimate of drug-likeness (QED) is 0.627. The second-order valence-corrected chi connectivity index (χ2v) is 5.62. The molecule has 0 bridgehead atoms. The topological polar surface area (TPSA) is 78.7 Å². The number of rotatable bonds is 5. The molecule has 3 rings (SSSR count). The van der Waals surface area contributed by atoms with Crippen molar-refractivity contribution in [3.05, 3.63) is 66.9 Å². The molecule has 0 fully saturated rings. The highest BCUT2D eigenvalue weighted by Gasteiger charge is 2.05. The SMILES string of the molecule is CNc1ccc(N=Nc2ccc(-c3ccccn3)cc2)c(NC(C)=O)c1. The number of nitrogens with one attached hydrogen (secondary N) is 2. The molecule has 26 heavy (non-hydrogen) atoms. The number of pyridine rings is 1. The molecule has 130 valence electrons. The molecule has 0 unspecified atom stereocenters. The molecule has 0 radical (unpaired) electrons. The van der Waals surface area contributed by atoms with Crippen molar-refractivity contribution in [1.82, 2.24) is 4.98 Å². The Balaban J connectivity index is 1.82. The van der Waals surface area contributed by atoms with E-state index in [1.807, 2.05) is 67.7 Å². The summed E-state index contributed by atoms with van der Waals surface area (Å²) in [5.41, 5.74) is 4.73. The lowest BCUT2D eigenvalue weighted by atomic mass is 10.1. The van der Waals surface area contributed by atoms with Crippen LogP contribution in [0.1, 0.15) is 6.92 Å². The lowest BCUT2D eigenvalue weighted by molar-refractivity contribution is -0.114. The molecule has 0 atom stereocenters. The first-order chi connectivity index (χ1) is 12.7. The van der Waals surface area contributed by atoms with E-state index < -0.39 is 0 Å². The standard InChI is InChI=1S/C20H19N5O/c1-14(26)23-20-13-17(21-2)10-11-19(20)25-24-16-8-6-15(7-9-16)18-5-3-4-12-22-18/h3-13,21H,1-2H3,(H,23,26). The van der Waals surface area contributed by atoms with Crippen molar-refractivity contribution in [2.45, 2.75) is 6.92 Å². The first-order valence-corrected chi connectivity index (χ1v) is 8.18. The predicted molar refractivity (Wildman–Crippen MR) is 104 cm³/mol. The third-order valence-electron chi connectivity index (χ3n) is 3.70. The maximum atomic E-state index is 11.4. The van der Waals surface area contributed by atoms with Gasteiger partial charge in [0.2, 0.25) is 5.91 Å². The average molecular weight is 345 g/mol. The van der Waals surface area contributed by atoms with Gasteiger partial charge in [0.1, 0.15) is 5.69 Å². The molecule has 1 heterocycles. The molecule has 3 aromatic rings. The Morgan fingerprint density at radius 1 is 1.00 bits per heavy atom. The molecular formula is C20H19N5O. The van der Waals surface area contributed by atoms with Crippen LogP contribution in [0.5, 0.6) is 0 Å². The van der Waals surface area contributed by atoms with Crippen molar-refractivity contribution >= 4 is 28.7 Å². The summed E-state index contributed by atoms with van der Waals surface area (Å²) in [6, 6.07) is 19.0. The molecule has 0 aliphatic rings. The van der Waals surface area contributed by atoms with Crippen molar-refractivity contribution in [3.63, 3.8) is 0 Å². The molecule has 1 amide bonds. The van der Waals surface area contributed by atoms with Crippen molar-refractivity contribution < 1.29 is 4.79 Å². The van der Waals surface area contributed by atoms with Gasteiger partial charge in [0, 0.05) is 31.4 Å². The van der Waals surface area contributed by atoms with Gasteiger partial charge in [0.15, 0.2) is 0 Å². The van der Waals surface area contributed by atoms with E-state index in [4.69, 9.17) is 0 Å².